The van der Waals surface area contributed by atoms with E-state index in [1.54, 1.807) is 67.6 Å². The Morgan fingerprint density at radius 1 is 0.946 bits per heavy atom. The van der Waals surface area contributed by atoms with Gasteiger partial charge in [-0.25, -0.2) is 9.59 Å². The molecule has 3 aromatic rings. The minimum atomic E-state index is -0.869. The summed E-state index contributed by atoms with van der Waals surface area (Å²) in [6, 6.07) is 18.3. The van der Waals surface area contributed by atoms with E-state index in [4.69, 9.17) is 25.1 Å². The fourth-order valence-electron chi connectivity index (χ4n) is 3.48. The molecule has 192 valence electrons. The number of aryl methyl sites for hydroxylation is 1. The molecule has 9 nitrogen and oxygen atoms in total. The molecule has 9 heteroatoms. The van der Waals surface area contributed by atoms with Crippen LogP contribution in [0.2, 0.25) is 0 Å². The second kappa shape index (κ2) is 12.8. The molecule has 0 saturated carbocycles. The van der Waals surface area contributed by atoms with Crippen molar-refractivity contribution in [1.82, 2.24) is 5.32 Å². The zero-order valence-electron chi connectivity index (χ0n) is 20.6. The summed E-state index contributed by atoms with van der Waals surface area (Å²) >= 11 is 0. The van der Waals surface area contributed by atoms with Gasteiger partial charge in [0.1, 0.15) is 17.2 Å². The van der Waals surface area contributed by atoms with Crippen LogP contribution in [-0.2, 0) is 20.7 Å². The number of hydrogen-bond donors (Lipinski definition) is 2. The fraction of sp³-hybridized carbons (Fsp3) is 0.179. The molecule has 3 aromatic carbocycles. The van der Waals surface area contributed by atoms with Gasteiger partial charge in [0.25, 0.3) is 5.75 Å². The van der Waals surface area contributed by atoms with Gasteiger partial charge in [-0.1, -0.05) is 24.3 Å². The van der Waals surface area contributed by atoms with Crippen LogP contribution in [0, 0.1) is 0 Å². The molecule has 0 spiro atoms. The number of methoxy groups -OCH3 is 1. The van der Waals surface area contributed by atoms with Crippen molar-refractivity contribution in [2.45, 2.75) is 19.8 Å². The summed E-state index contributed by atoms with van der Waals surface area (Å²) < 4.78 is 16.4. The summed E-state index contributed by atoms with van der Waals surface area (Å²) in [7, 11) is 1.52. The number of hydrogen-bond acceptors (Lipinski definition) is 6. The van der Waals surface area contributed by atoms with E-state index < -0.39 is 17.9 Å². The smallest absolute Gasteiger partial charge is 0.338 e. The molecule has 0 aliphatic heterocycles. The van der Waals surface area contributed by atoms with Crippen LogP contribution in [0.15, 0.2) is 66.7 Å². The van der Waals surface area contributed by atoms with E-state index in [0.717, 1.165) is 5.56 Å². The zero-order valence-corrected chi connectivity index (χ0v) is 20.6. The number of nitrogens with two attached hydrogens (primary N) is 1. The van der Waals surface area contributed by atoms with E-state index in [0.29, 0.717) is 40.4 Å². The summed E-state index contributed by atoms with van der Waals surface area (Å²) in [5.41, 5.74) is 7.44. The molecule has 0 atom stereocenters. The average Bonchev–Trinajstić information content (AvgIpc) is 2.87. The highest BCUT2D eigenvalue weighted by Gasteiger charge is 2.15. The number of esters is 1. The zero-order chi connectivity index (χ0) is 26.8. The van der Waals surface area contributed by atoms with Crippen LogP contribution in [0.1, 0.15) is 30.0 Å². The molecule has 0 aromatic heterocycles. The van der Waals surface area contributed by atoms with Crippen LogP contribution >= 0.6 is 0 Å². The van der Waals surface area contributed by atoms with Crippen molar-refractivity contribution in [3.05, 3.63) is 83.4 Å². The third kappa shape index (κ3) is 8.14. The van der Waals surface area contributed by atoms with Crippen molar-refractivity contribution in [1.29, 1.82) is 0 Å². The Kier molecular flexibility index (Phi) is 9.26. The largest absolute Gasteiger partial charge is 0.593 e. The topological polar surface area (TPSA) is 140 Å². The molecule has 3 amide bonds. The second-order valence-electron chi connectivity index (χ2n) is 7.96. The van der Waals surface area contributed by atoms with Crippen LogP contribution in [-0.4, -0.2) is 36.7 Å². The van der Waals surface area contributed by atoms with E-state index in [9.17, 15) is 14.4 Å². The number of carbonyl (C=O) groups is 3. The first-order chi connectivity index (χ1) is 17.8. The standard InChI is InChI=1S/C28H28N2O7/c1-3-36-27(33)25(16-19-14-21(31)17-24(15-19)35-2)20-7-11-23(12-8-20)37-22-9-4-18(5-10-22)6-13-26(32)30-28(29)34/h4-5,7-12,14-17,31H,3,6,13H2,1-2H3,(H3,29,30,32,34)/p+1/b25-16+. The number of benzene rings is 3. The monoisotopic (exact) mass is 505 g/mol. The van der Waals surface area contributed by atoms with Crippen molar-refractivity contribution in [2.24, 2.45) is 5.73 Å². The van der Waals surface area contributed by atoms with Gasteiger partial charge >= 0.3 is 12.0 Å². The maximum atomic E-state index is 12.7. The van der Waals surface area contributed by atoms with Crippen molar-refractivity contribution < 1.29 is 33.7 Å². The van der Waals surface area contributed by atoms with Crippen molar-refractivity contribution in [3.8, 4) is 23.0 Å². The third-order valence-corrected chi connectivity index (χ3v) is 5.20. The van der Waals surface area contributed by atoms with Gasteiger partial charge in [-0.3, -0.25) is 10.1 Å². The van der Waals surface area contributed by atoms with E-state index in [1.807, 2.05) is 17.4 Å². The summed E-state index contributed by atoms with van der Waals surface area (Å²) in [5, 5.41) is 9.99. The SMILES string of the molecule is CCOC(=O)/C(=C/c1cc([OH2+])cc(OC)c1)c1ccc(Oc2ccc(CCC(=O)NC(N)=O)cc2)cc1. The number of amides is 3. The molecule has 0 bridgehead atoms. The first kappa shape index (κ1) is 26.8. The molecule has 0 aliphatic carbocycles. The van der Waals surface area contributed by atoms with Crippen LogP contribution in [0.5, 0.6) is 23.0 Å². The first-order valence-electron chi connectivity index (χ1n) is 11.5. The first-order valence-corrected chi connectivity index (χ1v) is 11.5. The molecule has 0 fully saturated rings. The van der Waals surface area contributed by atoms with Gasteiger partial charge in [0.15, 0.2) is 0 Å². The number of nitrogens with one attached hydrogen (secondary N) is 1. The summed E-state index contributed by atoms with van der Waals surface area (Å²) in [4.78, 5) is 35.0. The Morgan fingerprint density at radius 3 is 2.19 bits per heavy atom. The van der Waals surface area contributed by atoms with Gasteiger partial charge < -0.3 is 25.1 Å². The molecule has 0 radical (unpaired) electrons. The quantitative estimate of drug-likeness (QED) is 0.184. The minimum absolute atomic E-state index is 0.139. The summed E-state index contributed by atoms with van der Waals surface area (Å²) in [6.07, 6.45) is 2.25. The maximum absolute atomic E-state index is 12.7. The Hall–Kier alpha value is -4.79. The molecular weight excluding hydrogens is 476 g/mol. The highest BCUT2D eigenvalue weighted by atomic mass is 16.5. The number of carbonyl (C=O) groups excluding carboxylic acids is 3. The lowest BCUT2D eigenvalue weighted by Crippen LogP contribution is -2.35. The molecule has 0 unspecified atom stereocenters. The van der Waals surface area contributed by atoms with E-state index >= 15 is 0 Å². The van der Waals surface area contributed by atoms with Gasteiger partial charge in [0.05, 0.1) is 25.4 Å². The highest BCUT2D eigenvalue weighted by Crippen LogP contribution is 2.28. The van der Waals surface area contributed by atoms with Gasteiger partial charge in [-0.2, -0.15) is 0 Å². The van der Waals surface area contributed by atoms with Crippen LogP contribution in [0.25, 0.3) is 11.6 Å². The van der Waals surface area contributed by atoms with E-state index in [-0.39, 0.29) is 18.8 Å². The van der Waals surface area contributed by atoms with Crippen LogP contribution < -0.4 is 20.5 Å². The van der Waals surface area contributed by atoms with Gasteiger partial charge in [0, 0.05) is 12.5 Å². The second-order valence-corrected chi connectivity index (χ2v) is 7.96. The minimum Gasteiger partial charge on any atom is -0.593 e. The van der Waals surface area contributed by atoms with Crippen molar-refractivity contribution in [2.75, 3.05) is 13.7 Å². The number of rotatable bonds is 10. The lowest BCUT2D eigenvalue weighted by Gasteiger charge is -2.10. The predicted octanol–water partition coefficient (Wildman–Crippen LogP) is 4.16. The molecule has 0 saturated heterocycles. The number of urea groups is 1. The van der Waals surface area contributed by atoms with Gasteiger partial charge in [-0.15, -0.1) is 0 Å². The Labute approximate surface area is 214 Å². The average molecular weight is 506 g/mol. The van der Waals surface area contributed by atoms with Gasteiger partial charge in [-0.05, 0) is 66.4 Å². The molecule has 37 heavy (non-hydrogen) atoms. The Bertz CT molecular complexity index is 1280. The molecular formula is C28H29N2O7+. The number of primary amides is 1. The van der Waals surface area contributed by atoms with E-state index in [1.165, 1.54) is 7.11 Å². The Balaban J connectivity index is 1.73. The number of ether oxygens (including phenoxy) is 3. The third-order valence-electron chi connectivity index (χ3n) is 5.20. The molecule has 0 heterocycles. The lowest BCUT2D eigenvalue weighted by atomic mass is 10.0. The highest BCUT2D eigenvalue weighted by molar-refractivity contribution is 6.21. The number of imide groups is 1. The molecule has 5 N–H and O–H groups in total. The normalized spacial score (nSPS) is 10.9. The summed E-state index contributed by atoms with van der Waals surface area (Å²) in [5.74, 6) is 1.03. The maximum Gasteiger partial charge on any atom is 0.338 e. The Morgan fingerprint density at radius 2 is 1.59 bits per heavy atom. The predicted molar refractivity (Wildman–Crippen MR) is 140 cm³/mol. The van der Waals surface area contributed by atoms with E-state index in [2.05, 4.69) is 0 Å². The summed E-state index contributed by atoms with van der Waals surface area (Å²) in [6.45, 7) is 1.96. The van der Waals surface area contributed by atoms with Gasteiger partial charge in [0.2, 0.25) is 5.91 Å². The fourth-order valence-corrected chi connectivity index (χ4v) is 3.48. The van der Waals surface area contributed by atoms with Crippen LogP contribution in [0.3, 0.4) is 0 Å². The van der Waals surface area contributed by atoms with Crippen molar-refractivity contribution >= 4 is 29.6 Å². The molecule has 3 rings (SSSR count). The lowest BCUT2D eigenvalue weighted by molar-refractivity contribution is -0.136. The van der Waals surface area contributed by atoms with Crippen molar-refractivity contribution in [3.63, 3.8) is 0 Å². The van der Waals surface area contributed by atoms with Crippen LogP contribution in [0.4, 0.5) is 4.79 Å². The molecule has 0 aliphatic rings.